The van der Waals surface area contributed by atoms with E-state index in [0.717, 1.165) is 64.2 Å². The molecule has 0 aromatic rings. The molecule has 0 fully saturated rings. The van der Waals surface area contributed by atoms with Crippen LogP contribution in [0.2, 0.25) is 0 Å². The van der Waals surface area contributed by atoms with Crippen LogP contribution >= 0.6 is 7.82 Å². The Labute approximate surface area is 276 Å². The number of aliphatic hydroxyl groups excluding tert-OH is 1. The molecule has 264 valence electrons. The second kappa shape index (κ2) is 28.9. The van der Waals surface area contributed by atoms with E-state index in [1.54, 1.807) is 0 Å². The number of aliphatic hydroxyl groups is 1. The fraction of sp³-hybridized carbons (Fsp3) is 0.806. The quantitative estimate of drug-likeness (QED) is 0.0337. The Morgan fingerprint density at radius 2 is 1.36 bits per heavy atom. The van der Waals surface area contributed by atoms with Crippen molar-refractivity contribution in [2.75, 3.05) is 40.9 Å². The molecule has 8 nitrogen and oxygen atoms in total. The highest BCUT2D eigenvalue weighted by molar-refractivity contribution is 7.45. The molecular weight excluding hydrogens is 587 g/mol. The van der Waals surface area contributed by atoms with E-state index >= 15 is 0 Å². The van der Waals surface area contributed by atoms with Crippen molar-refractivity contribution in [1.29, 1.82) is 0 Å². The molecule has 0 aliphatic heterocycles. The van der Waals surface area contributed by atoms with E-state index in [9.17, 15) is 19.4 Å². The molecule has 0 aliphatic carbocycles. The summed E-state index contributed by atoms with van der Waals surface area (Å²) in [7, 11) is 1.28. The second-order valence-electron chi connectivity index (χ2n) is 13.2. The Morgan fingerprint density at radius 3 is 1.98 bits per heavy atom. The van der Waals surface area contributed by atoms with Gasteiger partial charge in [-0.1, -0.05) is 121 Å². The van der Waals surface area contributed by atoms with Crippen LogP contribution in [-0.2, 0) is 18.4 Å². The van der Waals surface area contributed by atoms with E-state index in [-0.39, 0.29) is 19.1 Å². The first-order valence-electron chi connectivity index (χ1n) is 17.8. The van der Waals surface area contributed by atoms with Gasteiger partial charge < -0.3 is 28.8 Å². The smallest absolute Gasteiger partial charge is 0.268 e. The van der Waals surface area contributed by atoms with Crippen LogP contribution in [0.15, 0.2) is 36.5 Å². The number of phosphoric acid groups is 1. The van der Waals surface area contributed by atoms with Gasteiger partial charge in [0.2, 0.25) is 5.91 Å². The Morgan fingerprint density at radius 1 is 0.800 bits per heavy atom. The van der Waals surface area contributed by atoms with Crippen molar-refractivity contribution >= 4 is 13.7 Å². The van der Waals surface area contributed by atoms with E-state index in [1.807, 2.05) is 21.1 Å². The molecule has 45 heavy (non-hydrogen) atoms. The summed E-state index contributed by atoms with van der Waals surface area (Å²) in [6, 6.07) is -0.801. The van der Waals surface area contributed by atoms with Gasteiger partial charge in [0.25, 0.3) is 7.82 Å². The summed E-state index contributed by atoms with van der Waals surface area (Å²) in [6.07, 6.45) is 31.7. The van der Waals surface area contributed by atoms with Crippen molar-refractivity contribution < 1.29 is 32.9 Å². The molecule has 0 aliphatic rings. The van der Waals surface area contributed by atoms with Gasteiger partial charge >= 0.3 is 0 Å². The van der Waals surface area contributed by atoms with Gasteiger partial charge in [-0.3, -0.25) is 9.36 Å². The molecule has 3 atom stereocenters. The molecule has 9 heteroatoms. The highest BCUT2D eigenvalue weighted by atomic mass is 31.2. The molecule has 0 aromatic carbocycles. The molecule has 3 unspecified atom stereocenters. The van der Waals surface area contributed by atoms with Crippen LogP contribution in [0.1, 0.15) is 136 Å². The summed E-state index contributed by atoms with van der Waals surface area (Å²) in [6.45, 7) is 4.50. The van der Waals surface area contributed by atoms with Crippen LogP contribution in [0.5, 0.6) is 0 Å². The van der Waals surface area contributed by atoms with E-state index in [1.165, 1.54) is 44.9 Å². The number of nitrogens with one attached hydrogen (secondary N) is 1. The Kier molecular flexibility index (Phi) is 28.1. The highest BCUT2D eigenvalue weighted by Crippen LogP contribution is 2.38. The fourth-order valence-corrected chi connectivity index (χ4v) is 5.48. The molecular formula is C36H69N2O6P. The summed E-state index contributed by atoms with van der Waals surface area (Å²) in [5, 5.41) is 13.7. The van der Waals surface area contributed by atoms with Gasteiger partial charge in [-0.25, -0.2) is 0 Å². The van der Waals surface area contributed by atoms with Crippen LogP contribution in [0.3, 0.4) is 0 Å². The van der Waals surface area contributed by atoms with Crippen molar-refractivity contribution in [2.45, 2.75) is 148 Å². The molecule has 0 saturated heterocycles. The number of nitrogens with zero attached hydrogens (tertiary/aromatic N) is 1. The number of carbonyl (C=O) groups is 1. The standard InChI is InChI=1S/C36H69N2O6P/c1-6-8-10-12-14-15-16-17-18-19-20-21-22-23-24-26-28-30-36(40)37-34(35(39)29-27-25-13-11-9-7-2)33-44-45(41,42)43-32-31-38(3,4)5/h8,10,14-15,17-18,34-35,39H,6-7,9,11-13,16,19-33H2,1-5H3,(H-,37,40,41,42)/b10-8-,15-14-,18-17-. The van der Waals surface area contributed by atoms with Crippen LogP contribution in [0.25, 0.3) is 0 Å². The number of phosphoric ester groups is 1. The third-order valence-corrected chi connectivity index (χ3v) is 8.61. The second-order valence-corrected chi connectivity index (χ2v) is 14.6. The number of carbonyl (C=O) groups excluding carboxylic acids is 1. The number of hydrogen-bond acceptors (Lipinski definition) is 6. The lowest BCUT2D eigenvalue weighted by Gasteiger charge is -2.30. The Hall–Kier alpha value is -1.28. The van der Waals surface area contributed by atoms with E-state index in [2.05, 4.69) is 55.6 Å². The van der Waals surface area contributed by atoms with Gasteiger partial charge in [0.05, 0.1) is 39.9 Å². The predicted molar refractivity (Wildman–Crippen MR) is 187 cm³/mol. The minimum atomic E-state index is -4.55. The summed E-state index contributed by atoms with van der Waals surface area (Å²) in [5.74, 6) is -0.184. The molecule has 0 aromatic heterocycles. The van der Waals surface area contributed by atoms with Gasteiger partial charge in [-0.15, -0.1) is 0 Å². The van der Waals surface area contributed by atoms with E-state index in [0.29, 0.717) is 23.9 Å². The lowest BCUT2D eigenvalue weighted by molar-refractivity contribution is -0.870. The number of quaternary nitrogens is 1. The molecule has 2 N–H and O–H groups in total. The Bertz CT molecular complexity index is 840. The van der Waals surface area contributed by atoms with Crippen LogP contribution in [0, 0.1) is 0 Å². The van der Waals surface area contributed by atoms with Crippen molar-refractivity contribution in [3.05, 3.63) is 36.5 Å². The van der Waals surface area contributed by atoms with Crippen molar-refractivity contribution in [1.82, 2.24) is 5.32 Å². The topological polar surface area (TPSA) is 108 Å². The number of allylic oxidation sites excluding steroid dienone is 6. The largest absolute Gasteiger partial charge is 0.756 e. The van der Waals surface area contributed by atoms with E-state index in [4.69, 9.17) is 9.05 Å². The number of likely N-dealkylation sites (N-methyl/N-ethyl adjacent to an activating group) is 1. The molecule has 0 bridgehead atoms. The fourth-order valence-electron chi connectivity index (χ4n) is 4.76. The normalized spacial score (nSPS) is 15.3. The number of unbranched alkanes of at least 4 members (excludes halogenated alkanes) is 12. The summed E-state index contributed by atoms with van der Waals surface area (Å²) in [4.78, 5) is 25.0. The van der Waals surface area contributed by atoms with Crippen molar-refractivity contribution in [2.24, 2.45) is 0 Å². The minimum absolute atomic E-state index is 0.00804. The zero-order chi connectivity index (χ0) is 33.7. The SMILES string of the molecule is CC/C=C\C/C=C\C/C=C\CCCCCCCCCC(=O)NC(COP(=O)([O-])OCC[N+](C)(C)C)C(O)CCCCCCCC. The zero-order valence-corrected chi connectivity index (χ0v) is 30.5. The average Bonchev–Trinajstić information content (AvgIpc) is 2.97. The van der Waals surface area contributed by atoms with Gasteiger partial charge in [0.1, 0.15) is 13.2 Å². The number of hydrogen-bond donors (Lipinski definition) is 2. The van der Waals surface area contributed by atoms with E-state index < -0.39 is 20.0 Å². The first-order chi connectivity index (χ1) is 21.5. The lowest BCUT2D eigenvalue weighted by Crippen LogP contribution is -2.46. The van der Waals surface area contributed by atoms with Crippen molar-refractivity contribution in [3.63, 3.8) is 0 Å². The van der Waals surface area contributed by atoms with Crippen LogP contribution in [0.4, 0.5) is 0 Å². The first kappa shape index (κ1) is 43.7. The third-order valence-electron chi connectivity index (χ3n) is 7.64. The number of amides is 1. The monoisotopic (exact) mass is 656 g/mol. The van der Waals surface area contributed by atoms with Gasteiger partial charge in [0, 0.05) is 6.42 Å². The first-order valence-corrected chi connectivity index (χ1v) is 19.3. The molecule has 1 amide bonds. The van der Waals surface area contributed by atoms with Crippen molar-refractivity contribution in [3.8, 4) is 0 Å². The number of rotatable bonds is 31. The minimum Gasteiger partial charge on any atom is -0.756 e. The molecule has 0 spiro atoms. The highest BCUT2D eigenvalue weighted by Gasteiger charge is 2.24. The zero-order valence-electron chi connectivity index (χ0n) is 29.6. The average molecular weight is 657 g/mol. The Balaban J connectivity index is 4.35. The molecule has 0 heterocycles. The van der Waals surface area contributed by atoms with Crippen LogP contribution in [-0.4, -0.2) is 68.5 Å². The summed E-state index contributed by atoms with van der Waals surface area (Å²) in [5.41, 5.74) is 0. The molecule has 0 rings (SSSR count). The maximum absolute atomic E-state index is 12.7. The lowest BCUT2D eigenvalue weighted by atomic mass is 10.0. The maximum atomic E-state index is 12.7. The third kappa shape index (κ3) is 31.1. The molecule has 0 radical (unpaired) electrons. The molecule has 0 saturated carbocycles. The summed E-state index contributed by atoms with van der Waals surface area (Å²) < 4.78 is 23.0. The van der Waals surface area contributed by atoms with Gasteiger partial charge in [0.15, 0.2) is 0 Å². The van der Waals surface area contributed by atoms with Gasteiger partial charge in [-0.2, -0.15) is 0 Å². The van der Waals surface area contributed by atoms with Gasteiger partial charge in [-0.05, 0) is 44.9 Å². The predicted octanol–water partition coefficient (Wildman–Crippen LogP) is 8.16. The summed E-state index contributed by atoms with van der Waals surface area (Å²) >= 11 is 0. The van der Waals surface area contributed by atoms with Crippen LogP contribution < -0.4 is 10.2 Å². The maximum Gasteiger partial charge on any atom is 0.268 e.